The molecule has 0 aromatic heterocycles. The van der Waals surface area contributed by atoms with Crippen LogP contribution in [0, 0.1) is 0 Å². The molecule has 2 fully saturated rings. The van der Waals surface area contributed by atoms with Gasteiger partial charge in [0.1, 0.15) is 65.5 Å². The molecule has 0 bridgehead atoms. The number of Topliss-reactive ketones (excluding diaryl/α,β-unsaturated/α-hetero) is 1. The summed E-state index contributed by atoms with van der Waals surface area (Å²) in [6.07, 6.45) is -16.3. The topological polar surface area (TPSA) is 234 Å². The van der Waals surface area contributed by atoms with E-state index in [1.165, 1.54) is 32.2 Å². The molecule has 2 aromatic carbocycles. The Balaban J connectivity index is 1.41. The maximum Gasteiger partial charge on any atom is 0.229 e. The lowest BCUT2D eigenvalue weighted by atomic mass is 9.95. The number of methoxy groups -OCH3 is 1. The molecule has 43 heavy (non-hydrogen) atoms. The van der Waals surface area contributed by atoms with Crippen molar-refractivity contribution in [2.75, 3.05) is 13.7 Å². The standard InChI is InChI=1S/C28H34O15/c1-10-21(33)23(35)25(37)27(39-10)43-26-24(36)22(34)19(9-29)42-28(26)40-12-6-14(31)20-15(32)8-17(41-18(20)7-12)11-3-4-16(38-2)13(30)5-11/h3-7,10,17,19,21-31,33-37H,8-9H2,1-2H3/t10?,17?,19?,21-,22+,23-,24+,25?,26?,27-,28+/m0/s1. The third-order valence-corrected chi connectivity index (χ3v) is 7.72. The SMILES string of the molecule is COc1ccc(C2CC(=O)c3c(O)cc(O[C@@H]4OC(CO)[C@@H](O)[C@@H](O)C4O[C@@H]4OC(C)[C@H](O)[C@H](O)C4O)cc3O2)cc1O. The second-order valence-corrected chi connectivity index (χ2v) is 10.6. The van der Waals surface area contributed by atoms with Crippen molar-refractivity contribution in [3.63, 3.8) is 0 Å². The Labute approximate surface area is 245 Å². The molecule has 2 aromatic rings. The first-order valence-corrected chi connectivity index (χ1v) is 13.5. The molecule has 236 valence electrons. The van der Waals surface area contributed by atoms with Crippen molar-refractivity contribution in [3.05, 3.63) is 41.5 Å². The largest absolute Gasteiger partial charge is 0.507 e. The number of carbonyl (C=O) groups excluding carboxylic acids is 1. The summed E-state index contributed by atoms with van der Waals surface area (Å²) in [5, 5.41) is 82.4. The molecular weight excluding hydrogens is 576 g/mol. The number of benzene rings is 2. The van der Waals surface area contributed by atoms with Gasteiger partial charge < -0.3 is 69.3 Å². The van der Waals surface area contributed by atoms with Gasteiger partial charge >= 0.3 is 0 Å². The monoisotopic (exact) mass is 610 g/mol. The fourth-order valence-corrected chi connectivity index (χ4v) is 5.29. The number of hydrogen-bond acceptors (Lipinski definition) is 15. The van der Waals surface area contributed by atoms with Crippen LogP contribution in [0.25, 0.3) is 0 Å². The molecule has 8 N–H and O–H groups in total. The number of aliphatic hydroxyl groups is 6. The van der Waals surface area contributed by atoms with Crippen LogP contribution in [0.3, 0.4) is 0 Å². The van der Waals surface area contributed by atoms with Gasteiger partial charge in [0.15, 0.2) is 29.7 Å². The number of hydrogen-bond donors (Lipinski definition) is 8. The molecule has 3 aliphatic heterocycles. The minimum atomic E-state index is -1.76. The van der Waals surface area contributed by atoms with Gasteiger partial charge in [0.25, 0.3) is 0 Å². The molecule has 5 unspecified atom stereocenters. The van der Waals surface area contributed by atoms with Crippen LogP contribution in [-0.4, -0.2) is 122 Å². The second-order valence-electron chi connectivity index (χ2n) is 10.6. The fourth-order valence-electron chi connectivity index (χ4n) is 5.29. The number of phenols is 2. The van der Waals surface area contributed by atoms with E-state index >= 15 is 0 Å². The van der Waals surface area contributed by atoms with Crippen LogP contribution >= 0.6 is 0 Å². The van der Waals surface area contributed by atoms with Crippen LogP contribution in [-0.2, 0) is 14.2 Å². The van der Waals surface area contributed by atoms with E-state index in [1.54, 1.807) is 6.07 Å². The van der Waals surface area contributed by atoms with Crippen molar-refractivity contribution in [3.8, 4) is 28.7 Å². The number of phenolic OH excluding ortho intramolecular Hbond substituents is 2. The second kappa shape index (κ2) is 12.4. The van der Waals surface area contributed by atoms with E-state index in [0.29, 0.717) is 5.56 Å². The highest BCUT2D eigenvalue weighted by Crippen LogP contribution is 2.43. The molecule has 2 saturated heterocycles. The minimum absolute atomic E-state index is 0.0592. The highest BCUT2D eigenvalue weighted by Gasteiger charge is 2.51. The molecule has 3 heterocycles. The van der Waals surface area contributed by atoms with E-state index < -0.39 is 85.7 Å². The van der Waals surface area contributed by atoms with Gasteiger partial charge in [-0.25, -0.2) is 0 Å². The van der Waals surface area contributed by atoms with Crippen LogP contribution in [0.1, 0.15) is 35.4 Å². The zero-order chi connectivity index (χ0) is 31.2. The summed E-state index contributed by atoms with van der Waals surface area (Å²) < 4.78 is 33.7. The summed E-state index contributed by atoms with van der Waals surface area (Å²) in [4.78, 5) is 13.0. The Morgan fingerprint density at radius 1 is 0.884 bits per heavy atom. The van der Waals surface area contributed by atoms with Crippen molar-refractivity contribution in [1.29, 1.82) is 0 Å². The van der Waals surface area contributed by atoms with E-state index in [2.05, 4.69) is 0 Å². The van der Waals surface area contributed by atoms with Gasteiger partial charge in [-0.3, -0.25) is 4.79 Å². The molecule has 0 saturated carbocycles. The van der Waals surface area contributed by atoms with Crippen LogP contribution in [0.2, 0.25) is 0 Å². The first-order chi connectivity index (χ1) is 20.4. The number of rotatable bonds is 7. The third kappa shape index (κ3) is 5.95. The van der Waals surface area contributed by atoms with Gasteiger partial charge in [0.2, 0.25) is 6.29 Å². The van der Waals surface area contributed by atoms with E-state index in [9.17, 15) is 45.6 Å². The Hall–Kier alpha value is -3.25. The van der Waals surface area contributed by atoms with Crippen LogP contribution < -0.4 is 14.2 Å². The van der Waals surface area contributed by atoms with Crippen molar-refractivity contribution in [1.82, 2.24) is 0 Å². The van der Waals surface area contributed by atoms with Gasteiger partial charge in [-0.2, -0.15) is 0 Å². The first-order valence-electron chi connectivity index (χ1n) is 13.5. The lowest BCUT2D eigenvalue weighted by Crippen LogP contribution is -2.64. The average Bonchev–Trinajstić information content (AvgIpc) is 2.97. The summed E-state index contributed by atoms with van der Waals surface area (Å²) in [5.41, 5.74) is 0.352. The Morgan fingerprint density at radius 2 is 1.63 bits per heavy atom. The molecule has 11 atom stereocenters. The van der Waals surface area contributed by atoms with Crippen molar-refractivity contribution < 1.29 is 74.1 Å². The Kier molecular flexibility index (Phi) is 8.99. The number of fused-ring (bicyclic) bond motifs is 1. The predicted molar refractivity (Wildman–Crippen MR) is 141 cm³/mol. The third-order valence-electron chi connectivity index (χ3n) is 7.72. The van der Waals surface area contributed by atoms with Crippen LogP contribution in [0.5, 0.6) is 28.7 Å². The molecule has 15 heteroatoms. The molecule has 3 aliphatic rings. The number of ether oxygens (including phenoxy) is 6. The molecular formula is C28H34O15. The summed E-state index contributed by atoms with van der Waals surface area (Å²) in [6, 6.07) is 6.89. The molecule has 15 nitrogen and oxygen atoms in total. The van der Waals surface area contributed by atoms with Gasteiger partial charge in [-0.15, -0.1) is 0 Å². The average molecular weight is 611 g/mol. The molecule has 5 rings (SSSR count). The maximum atomic E-state index is 13.0. The highest BCUT2D eigenvalue weighted by atomic mass is 16.8. The lowest BCUT2D eigenvalue weighted by Gasteiger charge is -2.45. The Bertz CT molecular complexity index is 1320. The van der Waals surface area contributed by atoms with Crippen molar-refractivity contribution >= 4 is 5.78 Å². The van der Waals surface area contributed by atoms with Crippen molar-refractivity contribution in [2.24, 2.45) is 0 Å². The lowest BCUT2D eigenvalue weighted by molar-refractivity contribution is -0.354. The quantitative estimate of drug-likeness (QED) is 0.185. The summed E-state index contributed by atoms with van der Waals surface area (Å²) in [6.45, 7) is 0.699. The number of ketones is 1. The van der Waals surface area contributed by atoms with E-state index in [4.69, 9.17) is 28.4 Å². The van der Waals surface area contributed by atoms with Crippen LogP contribution in [0.15, 0.2) is 30.3 Å². The molecule has 0 spiro atoms. The first kappa shape index (κ1) is 31.2. The smallest absolute Gasteiger partial charge is 0.229 e. The number of aliphatic hydroxyl groups excluding tert-OH is 6. The normalized spacial score (nSPS) is 36.0. The molecule has 0 aliphatic carbocycles. The predicted octanol–water partition coefficient (Wildman–Crippen LogP) is -1.16. The van der Waals surface area contributed by atoms with E-state index in [0.717, 1.165) is 6.07 Å². The molecule has 0 radical (unpaired) electrons. The number of aromatic hydroxyl groups is 2. The fraction of sp³-hybridized carbons (Fsp3) is 0.536. The maximum absolute atomic E-state index is 13.0. The number of carbonyl (C=O) groups is 1. The van der Waals surface area contributed by atoms with Gasteiger partial charge in [-0.05, 0) is 24.6 Å². The molecule has 0 amide bonds. The van der Waals surface area contributed by atoms with Gasteiger partial charge in [-0.1, -0.05) is 6.07 Å². The summed E-state index contributed by atoms with van der Waals surface area (Å²) >= 11 is 0. The van der Waals surface area contributed by atoms with Gasteiger partial charge in [0.05, 0.1) is 26.2 Å². The highest BCUT2D eigenvalue weighted by molar-refractivity contribution is 6.02. The zero-order valence-corrected chi connectivity index (χ0v) is 23.1. The zero-order valence-electron chi connectivity index (χ0n) is 23.1. The van der Waals surface area contributed by atoms with Crippen molar-refractivity contribution in [2.45, 2.75) is 80.9 Å². The minimum Gasteiger partial charge on any atom is -0.507 e. The summed E-state index contributed by atoms with van der Waals surface area (Å²) in [5.74, 6) is -1.06. The summed E-state index contributed by atoms with van der Waals surface area (Å²) in [7, 11) is 1.39. The Morgan fingerprint density at radius 3 is 2.30 bits per heavy atom. The van der Waals surface area contributed by atoms with E-state index in [-0.39, 0.29) is 35.0 Å². The van der Waals surface area contributed by atoms with Crippen LogP contribution in [0.4, 0.5) is 0 Å². The van der Waals surface area contributed by atoms with E-state index in [1.807, 2.05) is 0 Å². The van der Waals surface area contributed by atoms with Gasteiger partial charge in [0, 0.05) is 12.1 Å².